The highest BCUT2D eigenvalue weighted by Crippen LogP contribution is 2.18. The molecule has 1 aliphatic heterocycles. The predicted octanol–water partition coefficient (Wildman–Crippen LogP) is 7.11. The number of unbranched alkanes of at least 4 members (excludes halogenated alkanes) is 1. The summed E-state index contributed by atoms with van der Waals surface area (Å²) in [7, 11) is 0. The van der Waals surface area contributed by atoms with Crippen molar-refractivity contribution in [2.24, 2.45) is 0 Å². The number of nitrogens with one attached hydrogen (secondary N) is 1. The molecule has 2 heterocycles. The lowest BCUT2D eigenvalue weighted by atomic mass is 10.0. The Balaban J connectivity index is 1.56. The molecule has 1 aromatic heterocycles. The summed E-state index contributed by atoms with van der Waals surface area (Å²) in [5.74, 6) is 0.0668. The zero-order chi connectivity index (χ0) is 26.4. The average Bonchev–Trinajstić information content (AvgIpc) is 2.94. The zero-order valence-electron chi connectivity index (χ0n) is 22.6. The van der Waals surface area contributed by atoms with E-state index in [9.17, 15) is 9.59 Å². The van der Waals surface area contributed by atoms with Gasteiger partial charge in [-0.05, 0) is 76.3 Å². The van der Waals surface area contributed by atoms with Gasteiger partial charge >= 0.3 is 0 Å². The third-order valence-corrected chi connectivity index (χ3v) is 6.29. The van der Waals surface area contributed by atoms with Crippen LogP contribution in [-0.4, -0.2) is 40.8 Å². The molecule has 2 rings (SSSR count). The minimum absolute atomic E-state index is 0.0792. The number of amides is 2. The van der Waals surface area contributed by atoms with E-state index in [1.807, 2.05) is 4.90 Å². The molecule has 200 valence electrons. The second-order valence-electron chi connectivity index (χ2n) is 9.29. The number of allylic oxidation sites excluding steroid dienone is 10. The molecule has 0 radical (unpaired) electrons. The fourth-order valence-corrected chi connectivity index (χ4v) is 4.23. The summed E-state index contributed by atoms with van der Waals surface area (Å²) in [6.45, 7) is 3.43. The van der Waals surface area contributed by atoms with Crippen molar-refractivity contribution < 1.29 is 9.59 Å². The molecule has 0 aliphatic carbocycles. The molecule has 1 saturated heterocycles. The first-order chi connectivity index (χ1) is 18.2. The van der Waals surface area contributed by atoms with E-state index in [4.69, 9.17) is 0 Å². The van der Waals surface area contributed by atoms with Gasteiger partial charge in [0.1, 0.15) is 0 Å². The van der Waals surface area contributed by atoms with Gasteiger partial charge in [0.2, 0.25) is 5.91 Å². The maximum Gasteiger partial charge on any atom is 0.252 e. The van der Waals surface area contributed by atoms with Gasteiger partial charge in [0, 0.05) is 37.9 Å². The van der Waals surface area contributed by atoms with Crippen molar-refractivity contribution in [1.29, 1.82) is 0 Å². The third kappa shape index (κ3) is 13.6. The highest BCUT2D eigenvalue weighted by molar-refractivity contribution is 5.93. The van der Waals surface area contributed by atoms with Crippen molar-refractivity contribution in [2.45, 2.75) is 83.6 Å². The van der Waals surface area contributed by atoms with Crippen LogP contribution in [-0.2, 0) is 4.79 Å². The van der Waals surface area contributed by atoms with Gasteiger partial charge < -0.3 is 10.2 Å². The quantitative estimate of drug-likeness (QED) is 0.193. The molecule has 1 N–H and O–H groups in total. The Labute approximate surface area is 224 Å². The number of carbonyl (C=O) groups excluding carboxylic acids is 2. The maximum atomic E-state index is 12.8. The van der Waals surface area contributed by atoms with Gasteiger partial charge in [-0.2, -0.15) is 0 Å². The Kier molecular flexibility index (Phi) is 16.2. The topological polar surface area (TPSA) is 62.3 Å². The second-order valence-corrected chi connectivity index (χ2v) is 9.29. The number of hydrogen-bond acceptors (Lipinski definition) is 3. The van der Waals surface area contributed by atoms with E-state index >= 15 is 0 Å². The number of likely N-dealkylation sites (tertiary alicyclic amines) is 1. The normalized spacial score (nSPS) is 16.7. The molecular formula is C32H45N3O2. The van der Waals surface area contributed by atoms with Crippen molar-refractivity contribution >= 4 is 11.8 Å². The minimum atomic E-state index is -0.135. The molecule has 1 fully saturated rings. The second kappa shape index (κ2) is 19.9. The van der Waals surface area contributed by atoms with Gasteiger partial charge in [-0.25, -0.2) is 0 Å². The van der Waals surface area contributed by atoms with E-state index in [0.717, 1.165) is 70.8 Å². The number of nitrogens with zero attached hydrogens (tertiary/aromatic N) is 2. The SMILES string of the molecule is CCC=CCC=CCC=CCC=CCC=CCCCC(=O)N1CCCC[C@@H]1CNC(=O)c1cccnc1. The van der Waals surface area contributed by atoms with Crippen LogP contribution in [0.5, 0.6) is 0 Å². The van der Waals surface area contributed by atoms with Crippen LogP contribution in [0.4, 0.5) is 0 Å². The average molecular weight is 504 g/mol. The summed E-state index contributed by atoms with van der Waals surface area (Å²) in [5, 5.41) is 2.98. The van der Waals surface area contributed by atoms with Crippen LogP contribution >= 0.6 is 0 Å². The lowest BCUT2D eigenvalue weighted by Gasteiger charge is -2.36. The smallest absolute Gasteiger partial charge is 0.252 e. The Morgan fingerprint density at radius 2 is 1.59 bits per heavy atom. The molecular weight excluding hydrogens is 458 g/mol. The first-order valence-corrected chi connectivity index (χ1v) is 13.9. The van der Waals surface area contributed by atoms with Crippen LogP contribution in [0.2, 0.25) is 0 Å². The molecule has 1 aromatic rings. The predicted molar refractivity (Wildman–Crippen MR) is 154 cm³/mol. The van der Waals surface area contributed by atoms with Crippen LogP contribution in [0.3, 0.4) is 0 Å². The number of piperidine rings is 1. The number of hydrogen-bond donors (Lipinski definition) is 1. The Morgan fingerprint density at radius 1 is 0.946 bits per heavy atom. The fraction of sp³-hybridized carbons (Fsp3) is 0.469. The Hall–Kier alpha value is -3.21. The van der Waals surface area contributed by atoms with Crippen LogP contribution in [0.15, 0.2) is 85.3 Å². The standard InChI is InChI=1S/C32H45N3O2/c1-2-3-4-5-6-7-8-9-10-11-12-13-14-15-16-17-18-24-31(36)35-26-20-19-23-30(35)28-34-32(37)29-22-21-25-33-27-29/h3-4,6-7,9-10,12-13,15-16,21-22,25,27,30H,2,5,8,11,14,17-20,23-24,26,28H2,1H3,(H,34,37)/t30-/m1/s1. The van der Waals surface area contributed by atoms with Gasteiger partial charge in [-0.1, -0.05) is 67.7 Å². The van der Waals surface area contributed by atoms with E-state index < -0.39 is 0 Å². The molecule has 5 heteroatoms. The van der Waals surface area contributed by atoms with Crippen LogP contribution in [0, 0.1) is 0 Å². The van der Waals surface area contributed by atoms with E-state index in [-0.39, 0.29) is 17.9 Å². The summed E-state index contributed by atoms with van der Waals surface area (Å²) < 4.78 is 0. The van der Waals surface area contributed by atoms with E-state index in [2.05, 4.69) is 78.0 Å². The summed E-state index contributed by atoms with van der Waals surface area (Å²) in [5.41, 5.74) is 0.549. The van der Waals surface area contributed by atoms with Crippen molar-refractivity contribution in [3.8, 4) is 0 Å². The van der Waals surface area contributed by atoms with Crippen molar-refractivity contribution in [3.05, 3.63) is 90.9 Å². The van der Waals surface area contributed by atoms with Crippen LogP contribution in [0.25, 0.3) is 0 Å². The summed E-state index contributed by atoms with van der Waals surface area (Å²) in [4.78, 5) is 31.1. The maximum absolute atomic E-state index is 12.8. The van der Waals surface area contributed by atoms with Crippen molar-refractivity contribution in [1.82, 2.24) is 15.2 Å². The largest absolute Gasteiger partial charge is 0.350 e. The first kappa shape index (κ1) is 30.0. The van der Waals surface area contributed by atoms with Gasteiger partial charge in [0.05, 0.1) is 5.56 Å². The van der Waals surface area contributed by atoms with Gasteiger partial charge in [0.25, 0.3) is 5.91 Å². The van der Waals surface area contributed by atoms with Crippen LogP contribution in [0.1, 0.15) is 87.9 Å². The highest BCUT2D eigenvalue weighted by Gasteiger charge is 2.26. The van der Waals surface area contributed by atoms with Crippen LogP contribution < -0.4 is 5.32 Å². The summed E-state index contributed by atoms with van der Waals surface area (Å²) in [6.07, 6.45) is 35.6. The number of pyridine rings is 1. The lowest BCUT2D eigenvalue weighted by molar-refractivity contribution is -0.134. The monoisotopic (exact) mass is 503 g/mol. The molecule has 2 amide bonds. The first-order valence-electron chi connectivity index (χ1n) is 13.9. The van der Waals surface area contributed by atoms with E-state index in [1.165, 1.54) is 0 Å². The molecule has 5 nitrogen and oxygen atoms in total. The molecule has 0 bridgehead atoms. The Bertz CT molecular complexity index is 915. The third-order valence-electron chi connectivity index (χ3n) is 6.29. The molecule has 0 unspecified atom stereocenters. The zero-order valence-corrected chi connectivity index (χ0v) is 22.6. The van der Waals surface area contributed by atoms with Gasteiger partial charge in [0.15, 0.2) is 0 Å². The molecule has 1 atom stereocenters. The fourth-order valence-electron chi connectivity index (χ4n) is 4.23. The molecule has 37 heavy (non-hydrogen) atoms. The van der Waals surface area contributed by atoms with E-state index in [1.54, 1.807) is 24.5 Å². The van der Waals surface area contributed by atoms with Gasteiger partial charge in [-0.3, -0.25) is 14.6 Å². The Morgan fingerprint density at radius 3 is 2.22 bits per heavy atom. The number of rotatable bonds is 16. The molecule has 1 aliphatic rings. The molecule has 0 saturated carbocycles. The van der Waals surface area contributed by atoms with Crippen molar-refractivity contribution in [2.75, 3.05) is 13.1 Å². The van der Waals surface area contributed by atoms with Gasteiger partial charge in [-0.15, -0.1) is 0 Å². The molecule has 0 aromatic carbocycles. The summed E-state index contributed by atoms with van der Waals surface area (Å²) >= 11 is 0. The van der Waals surface area contributed by atoms with E-state index in [0.29, 0.717) is 18.5 Å². The highest BCUT2D eigenvalue weighted by atomic mass is 16.2. The minimum Gasteiger partial charge on any atom is -0.350 e. The molecule has 0 spiro atoms. The number of aromatic nitrogens is 1. The summed E-state index contributed by atoms with van der Waals surface area (Å²) in [6, 6.07) is 3.58. The van der Waals surface area contributed by atoms with Crippen molar-refractivity contribution in [3.63, 3.8) is 0 Å². The lowest BCUT2D eigenvalue weighted by Crippen LogP contribution is -2.49. The number of carbonyl (C=O) groups is 2.